The Morgan fingerprint density at radius 3 is 1.98 bits per heavy atom. The highest BCUT2D eigenvalue weighted by Gasteiger charge is 2.35. The van der Waals surface area contributed by atoms with Crippen LogP contribution in [0.2, 0.25) is 0 Å². The molecule has 0 saturated carbocycles. The second-order valence-corrected chi connectivity index (χ2v) is 11.9. The number of benzene rings is 2. The van der Waals surface area contributed by atoms with E-state index in [1.807, 2.05) is 18.2 Å². The van der Waals surface area contributed by atoms with Gasteiger partial charge in [0.2, 0.25) is 29.5 Å². The van der Waals surface area contributed by atoms with Crippen LogP contribution in [-0.2, 0) is 46.5 Å². The Bertz CT molecular complexity index is 1390. The lowest BCUT2D eigenvalue weighted by molar-refractivity contribution is -0.148. The molecular formula is C33H44N6O8. The summed E-state index contributed by atoms with van der Waals surface area (Å²) in [5, 5.41) is 22.9. The fraction of sp³-hybridized carbons (Fsp3) is 0.455. The van der Waals surface area contributed by atoms with Crippen LogP contribution in [0.4, 0.5) is 0 Å². The van der Waals surface area contributed by atoms with Gasteiger partial charge in [0.15, 0.2) is 0 Å². The second kappa shape index (κ2) is 17.8. The monoisotopic (exact) mass is 652 g/mol. The van der Waals surface area contributed by atoms with Gasteiger partial charge in [-0.3, -0.25) is 24.0 Å². The number of ether oxygens (including phenoxy) is 1. The summed E-state index contributed by atoms with van der Waals surface area (Å²) < 4.78 is 5.33. The summed E-state index contributed by atoms with van der Waals surface area (Å²) in [6.07, 6.45) is -1.06. The molecule has 2 aromatic rings. The number of aliphatic hydroxyl groups is 1. The molecule has 6 atom stereocenters. The number of hydrogen-bond acceptors (Lipinski definition) is 9. The average molecular weight is 653 g/mol. The molecule has 254 valence electrons. The van der Waals surface area contributed by atoms with Crippen LogP contribution in [0.25, 0.3) is 0 Å². The summed E-state index contributed by atoms with van der Waals surface area (Å²) >= 11 is 0. The number of esters is 1. The van der Waals surface area contributed by atoms with Crippen molar-refractivity contribution in [1.29, 1.82) is 0 Å². The van der Waals surface area contributed by atoms with Crippen LogP contribution in [0.15, 0.2) is 60.7 Å². The topological polar surface area (TPSA) is 218 Å². The first-order valence-corrected chi connectivity index (χ1v) is 15.5. The standard InChI is InChI=1S/C33H44N6O8/c1-19(2)28(39-31(44)26(16-27(34)41)37-29(42)24-15-23(40)17-35-24)32(45)38-25(14-21-10-6-4-7-11-21)30(43)36-20(3)33(46)47-18-22-12-8-5-9-13-22/h4-13,19-20,23-26,28,35,40H,14-18H2,1-3H3,(H2,34,41)(H,36,43)(H,37,42)(H,38,45)(H,39,44)/t20-,23-,24-,25-,26-,28-/m0/s1. The average Bonchev–Trinajstić information content (AvgIpc) is 3.48. The number of primary amides is 1. The number of rotatable bonds is 16. The number of carbonyl (C=O) groups excluding carboxylic acids is 6. The Kier molecular flexibility index (Phi) is 13.8. The smallest absolute Gasteiger partial charge is 0.328 e. The van der Waals surface area contributed by atoms with Gasteiger partial charge in [-0.1, -0.05) is 74.5 Å². The van der Waals surface area contributed by atoms with Crippen molar-refractivity contribution >= 4 is 35.5 Å². The highest BCUT2D eigenvalue weighted by atomic mass is 16.5. The number of nitrogens with one attached hydrogen (secondary N) is 5. The molecule has 5 amide bonds. The maximum Gasteiger partial charge on any atom is 0.328 e. The van der Waals surface area contributed by atoms with Gasteiger partial charge in [-0.2, -0.15) is 0 Å². The van der Waals surface area contributed by atoms with Crippen molar-refractivity contribution in [3.05, 3.63) is 71.8 Å². The fourth-order valence-corrected chi connectivity index (χ4v) is 4.94. The third-order valence-corrected chi connectivity index (χ3v) is 7.56. The van der Waals surface area contributed by atoms with Crippen molar-refractivity contribution < 1.29 is 38.6 Å². The first kappa shape index (κ1) is 36.6. The summed E-state index contributed by atoms with van der Waals surface area (Å²) in [7, 11) is 0. The second-order valence-electron chi connectivity index (χ2n) is 11.9. The number of nitrogens with two attached hydrogens (primary N) is 1. The summed E-state index contributed by atoms with van der Waals surface area (Å²) in [6.45, 7) is 5.04. The molecule has 1 aliphatic rings. The van der Waals surface area contributed by atoms with E-state index in [0.29, 0.717) is 0 Å². The molecule has 1 saturated heterocycles. The SMILES string of the molecule is CC(C)[C@H](NC(=O)[C@H](CC(N)=O)NC(=O)[C@@H]1C[C@H](O)CN1)C(=O)N[C@@H](Cc1ccccc1)C(=O)N[C@@H](C)C(=O)OCc1ccccc1. The predicted octanol–water partition coefficient (Wildman–Crippen LogP) is -0.814. The zero-order valence-corrected chi connectivity index (χ0v) is 26.7. The van der Waals surface area contributed by atoms with Gasteiger partial charge >= 0.3 is 5.97 Å². The number of β-amino-alcohol motifs (C(OH)–C–C–N with tert-alkyl or cyclic N) is 1. The van der Waals surface area contributed by atoms with Crippen LogP contribution in [0, 0.1) is 5.92 Å². The van der Waals surface area contributed by atoms with E-state index < -0.39 is 84.2 Å². The number of aliphatic hydroxyl groups excluding tert-OH is 1. The van der Waals surface area contributed by atoms with Crippen LogP contribution >= 0.6 is 0 Å². The highest BCUT2D eigenvalue weighted by molar-refractivity contribution is 5.97. The van der Waals surface area contributed by atoms with Crippen LogP contribution in [-0.4, -0.2) is 83.5 Å². The summed E-state index contributed by atoms with van der Waals surface area (Å²) in [5.74, 6) is -4.79. The quantitative estimate of drug-likeness (QED) is 0.113. The Morgan fingerprint density at radius 1 is 0.830 bits per heavy atom. The Hall–Kier alpha value is -4.82. The van der Waals surface area contributed by atoms with Crippen molar-refractivity contribution in [2.45, 2.75) is 83.0 Å². The molecule has 1 aliphatic heterocycles. The third-order valence-electron chi connectivity index (χ3n) is 7.56. The molecule has 1 fully saturated rings. The molecule has 0 aliphatic carbocycles. The van der Waals surface area contributed by atoms with Gasteiger partial charge in [0.1, 0.15) is 30.8 Å². The third kappa shape index (κ3) is 11.8. The normalized spacial score (nSPS) is 18.2. The molecule has 0 bridgehead atoms. The number of amides is 5. The molecule has 2 aromatic carbocycles. The van der Waals surface area contributed by atoms with E-state index in [9.17, 15) is 33.9 Å². The van der Waals surface area contributed by atoms with Crippen molar-refractivity contribution in [3.63, 3.8) is 0 Å². The van der Waals surface area contributed by atoms with Crippen LogP contribution in [0.3, 0.4) is 0 Å². The van der Waals surface area contributed by atoms with E-state index in [0.717, 1.165) is 11.1 Å². The molecule has 14 nitrogen and oxygen atoms in total. The summed E-state index contributed by atoms with van der Waals surface area (Å²) in [4.78, 5) is 77.4. The number of hydrogen-bond donors (Lipinski definition) is 7. The molecule has 0 unspecified atom stereocenters. The largest absolute Gasteiger partial charge is 0.459 e. The van der Waals surface area contributed by atoms with E-state index in [1.54, 1.807) is 56.3 Å². The predicted molar refractivity (Wildman–Crippen MR) is 171 cm³/mol. The molecule has 1 heterocycles. The molecule has 3 rings (SSSR count). The maximum atomic E-state index is 13.6. The lowest BCUT2D eigenvalue weighted by atomic mass is 10.00. The van der Waals surface area contributed by atoms with E-state index >= 15 is 0 Å². The summed E-state index contributed by atoms with van der Waals surface area (Å²) in [5.41, 5.74) is 6.84. The molecule has 8 N–H and O–H groups in total. The van der Waals surface area contributed by atoms with Gasteiger partial charge in [0.25, 0.3) is 0 Å². The van der Waals surface area contributed by atoms with Gasteiger partial charge in [-0.25, -0.2) is 4.79 Å². The van der Waals surface area contributed by atoms with Gasteiger partial charge in [-0.05, 0) is 30.4 Å². The minimum Gasteiger partial charge on any atom is -0.459 e. The van der Waals surface area contributed by atoms with Gasteiger partial charge in [0, 0.05) is 13.0 Å². The lowest BCUT2D eigenvalue weighted by Gasteiger charge is -2.28. The molecule has 47 heavy (non-hydrogen) atoms. The van der Waals surface area contributed by atoms with Gasteiger partial charge < -0.3 is 42.2 Å². The molecule has 0 spiro atoms. The van der Waals surface area contributed by atoms with Gasteiger partial charge in [-0.15, -0.1) is 0 Å². The van der Waals surface area contributed by atoms with Crippen molar-refractivity contribution in [1.82, 2.24) is 26.6 Å². The first-order valence-electron chi connectivity index (χ1n) is 15.5. The Morgan fingerprint density at radius 2 is 1.43 bits per heavy atom. The fourth-order valence-electron chi connectivity index (χ4n) is 4.94. The van der Waals surface area contributed by atoms with Crippen molar-refractivity contribution in [3.8, 4) is 0 Å². The van der Waals surface area contributed by atoms with E-state index in [2.05, 4.69) is 26.6 Å². The zero-order valence-electron chi connectivity index (χ0n) is 26.7. The van der Waals surface area contributed by atoms with Crippen molar-refractivity contribution in [2.75, 3.05) is 6.54 Å². The van der Waals surface area contributed by atoms with Gasteiger partial charge in [0.05, 0.1) is 18.6 Å². The zero-order chi connectivity index (χ0) is 34.5. The lowest BCUT2D eigenvalue weighted by Crippen LogP contribution is -2.60. The maximum absolute atomic E-state index is 13.6. The molecular weight excluding hydrogens is 608 g/mol. The van der Waals surface area contributed by atoms with Crippen LogP contribution < -0.4 is 32.3 Å². The first-order chi connectivity index (χ1) is 22.3. The van der Waals surface area contributed by atoms with E-state index in [4.69, 9.17) is 10.5 Å². The highest BCUT2D eigenvalue weighted by Crippen LogP contribution is 2.10. The number of carbonyl (C=O) groups is 6. The van der Waals surface area contributed by atoms with Crippen LogP contribution in [0.1, 0.15) is 44.7 Å². The summed E-state index contributed by atoms with van der Waals surface area (Å²) in [6, 6.07) is 12.5. The minimum atomic E-state index is -1.39. The molecule has 14 heteroatoms. The Balaban J connectivity index is 1.70. The molecule has 0 aromatic heterocycles. The van der Waals surface area contributed by atoms with Crippen molar-refractivity contribution in [2.24, 2.45) is 11.7 Å². The van der Waals surface area contributed by atoms with Crippen LogP contribution in [0.5, 0.6) is 0 Å². The minimum absolute atomic E-state index is 0.0240. The molecule has 0 radical (unpaired) electrons. The van der Waals surface area contributed by atoms with E-state index in [1.165, 1.54) is 6.92 Å². The Labute approximate surface area is 273 Å². The van der Waals surface area contributed by atoms with E-state index in [-0.39, 0.29) is 26.0 Å².